The maximum Gasteiger partial charge on any atom is 0.348 e. The largest absolute Gasteiger partial charge is 0.348 e. The molecule has 1 N–H and O–H groups in total. The molecule has 0 aromatic heterocycles. The highest BCUT2D eigenvalue weighted by molar-refractivity contribution is 4.87. The van der Waals surface area contributed by atoms with Gasteiger partial charge in [0.25, 0.3) is 0 Å². The molecular formula is C15H28N+. The van der Waals surface area contributed by atoms with Gasteiger partial charge in [-0.1, -0.05) is 12.8 Å². The van der Waals surface area contributed by atoms with Crippen molar-refractivity contribution in [1.82, 2.24) is 0 Å². The van der Waals surface area contributed by atoms with E-state index >= 15 is 0 Å². The summed E-state index contributed by atoms with van der Waals surface area (Å²) in [5.74, 6) is 1.78. The first-order valence-electron chi connectivity index (χ1n) is 8.10. The molecule has 2 aliphatic carbocycles. The Morgan fingerprint density at radius 2 is 1.44 bits per heavy atom. The van der Waals surface area contributed by atoms with Crippen molar-refractivity contribution >= 4 is 0 Å². The first-order valence-corrected chi connectivity index (χ1v) is 7.66. The fourth-order valence-electron chi connectivity index (χ4n) is 4.90. The number of rotatable bonds is 1. The topological polar surface area (TPSA) is 4.44 Å². The summed E-state index contributed by atoms with van der Waals surface area (Å²) in [7, 11) is 0. The number of hydrogen-bond acceptors (Lipinski definition) is 0. The van der Waals surface area contributed by atoms with E-state index in [2.05, 4.69) is 6.92 Å². The van der Waals surface area contributed by atoms with Gasteiger partial charge in [-0.2, -0.15) is 0 Å². The zero-order chi connectivity index (χ0) is 11.9. The molecule has 3 rings (SSSR count). The molecule has 0 spiro atoms. The molecular weight excluding hydrogens is 194 g/mol. The number of piperidine rings is 1. The fourth-order valence-corrected chi connectivity index (χ4v) is 4.90. The summed E-state index contributed by atoms with van der Waals surface area (Å²) in [6, 6.07) is 1.38. The van der Waals surface area contributed by atoms with Gasteiger partial charge in [-0.3, -0.25) is 0 Å². The van der Waals surface area contributed by atoms with E-state index < -0.39 is 0 Å². The molecule has 5 atom stereocenters. The predicted molar refractivity (Wildman–Crippen MR) is 67.6 cm³/mol. The van der Waals surface area contributed by atoms with E-state index in [-0.39, 0.29) is 0 Å². The van der Waals surface area contributed by atoms with Crippen LogP contribution in [0, 0.1) is 11.8 Å². The van der Waals surface area contributed by atoms with Gasteiger partial charge in [0.05, 0.1) is 18.6 Å². The normalized spacial score (nSPS) is 53.7. The monoisotopic (exact) mass is 223 g/mol. The van der Waals surface area contributed by atoms with Gasteiger partial charge in [-0.05, 0) is 51.9 Å². The van der Waals surface area contributed by atoms with Crippen LogP contribution in [0.2, 0.25) is 1.41 Å². The zero-order valence-electron chi connectivity index (χ0n) is 11.8. The van der Waals surface area contributed by atoms with Crippen LogP contribution < -0.4 is 4.89 Å². The highest BCUT2D eigenvalue weighted by Gasteiger charge is 2.46. The minimum Gasteiger partial charge on any atom is -0.330 e. The minimum atomic E-state index is 0.688. The van der Waals surface area contributed by atoms with Crippen LogP contribution >= 0.6 is 0 Å². The van der Waals surface area contributed by atoms with Crippen molar-refractivity contribution in [3.8, 4) is 0 Å². The number of hydrogen-bond donors (Lipinski definition) is 1. The van der Waals surface area contributed by atoms with Crippen LogP contribution in [-0.4, -0.2) is 18.6 Å². The summed E-state index contributed by atoms with van der Waals surface area (Å²) in [6.07, 6.45) is 12.6. The Labute approximate surface area is 102 Å². The van der Waals surface area contributed by atoms with Crippen LogP contribution in [0.25, 0.3) is 0 Å². The second-order valence-corrected chi connectivity index (χ2v) is 6.29. The molecule has 0 radical (unpaired) electrons. The quantitative estimate of drug-likeness (QED) is 0.696. The van der Waals surface area contributed by atoms with Gasteiger partial charge in [0, 0.05) is 11.8 Å². The maximum atomic E-state index is 9.06. The van der Waals surface area contributed by atoms with Gasteiger partial charge in [-0.15, -0.1) is 0 Å². The Morgan fingerprint density at radius 1 is 0.938 bits per heavy atom. The molecule has 16 heavy (non-hydrogen) atoms. The van der Waals surface area contributed by atoms with Crippen molar-refractivity contribution in [2.75, 3.05) is 6.54 Å². The summed E-state index contributed by atoms with van der Waals surface area (Å²) < 4.78 is 9.06. The van der Waals surface area contributed by atoms with Crippen molar-refractivity contribution in [2.45, 2.75) is 76.8 Å². The molecule has 3 fully saturated rings. The van der Waals surface area contributed by atoms with E-state index in [1.54, 1.807) is 0 Å². The molecule has 92 valence electrons. The molecule has 1 heteroatoms. The molecule has 1 saturated heterocycles. The second kappa shape index (κ2) is 4.68. The summed E-state index contributed by atoms with van der Waals surface area (Å²) in [6.45, 7) is 3.30. The summed E-state index contributed by atoms with van der Waals surface area (Å²) in [4.78, 5) is 0.690. The third kappa shape index (κ3) is 1.81. The lowest BCUT2D eigenvalue weighted by Gasteiger charge is -2.50. The Hall–Kier alpha value is -0.0400. The summed E-state index contributed by atoms with van der Waals surface area (Å²) >= 11 is 0. The van der Waals surface area contributed by atoms with Gasteiger partial charge < -0.3 is 4.89 Å². The molecule has 1 aliphatic heterocycles. The summed E-state index contributed by atoms with van der Waals surface area (Å²) in [5, 5.41) is 0. The van der Waals surface area contributed by atoms with E-state index in [0.29, 0.717) is 17.0 Å². The third-order valence-corrected chi connectivity index (χ3v) is 5.56. The molecule has 1 unspecified atom stereocenters. The van der Waals surface area contributed by atoms with E-state index in [1.807, 2.05) is 0 Å². The van der Waals surface area contributed by atoms with E-state index in [0.717, 1.165) is 18.4 Å². The molecule has 0 aromatic rings. The van der Waals surface area contributed by atoms with E-state index in [9.17, 15) is 0 Å². The Kier molecular flexibility index (Phi) is 2.91. The first-order chi connectivity index (χ1) is 8.25. The molecule has 0 amide bonds. The molecule has 0 aromatic carbocycles. The lowest BCUT2D eigenvalue weighted by molar-refractivity contribution is -0.964. The Morgan fingerprint density at radius 3 is 1.94 bits per heavy atom. The summed E-state index contributed by atoms with van der Waals surface area (Å²) in [5.41, 5.74) is 0. The average Bonchev–Trinajstić information content (AvgIpc) is 2.39. The van der Waals surface area contributed by atoms with Crippen LogP contribution in [0.1, 0.15) is 64.7 Å². The fraction of sp³-hybridized carbons (Fsp3) is 1.00. The highest BCUT2D eigenvalue weighted by atomic mass is 15.2. The van der Waals surface area contributed by atoms with Crippen LogP contribution in [0.15, 0.2) is 0 Å². The van der Waals surface area contributed by atoms with Crippen molar-refractivity contribution in [1.29, 1.82) is 0 Å². The van der Waals surface area contributed by atoms with Gasteiger partial charge in [0.1, 0.15) is 0 Å². The van der Waals surface area contributed by atoms with Crippen LogP contribution in [-0.2, 0) is 0 Å². The lowest BCUT2D eigenvalue weighted by atomic mass is 9.68. The first kappa shape index (κ1) is 9.94. The molecule has 2 saturated carbocycles. The number of likely N-dealkylation sites (tertiary alicyclic amines) is 1. The van der Waals surface area contributed by atoms with E-state index in [4.69, 9.17) is 1.41 Å². The van der Waals surface area contributed by atoms with E-state index in [1.165, 1.54) is 57.8 Å². The maximum absolute atomic E-state index is 9.06. The second-order valence-electron chi connectivity index (χ2n) is 6.29. The van der Waals surface area contributed by atoms with Crippen molar-refractivity contribution in [2.24, 2.45) is 11.8 Å². The molecule has 0 bridgehead atoms. The van der Waals surface area contributed by atoms with Crippen molar-refractivity contribution in [3.05, 3.63) is 0 Å². The smallest absolute Gasteiger partial charge is 0.330 e. The van der Waals surface area contributed by atoms with Crippen molar-refractivity contribution < 1.29 is 6.30 Å². The predicted octanol–water partition coefficient (Wildman–Crippen LogP) is 2.41. The van der Waals surface area contributed by atoms with Gasteiger partial charge in [0.2, 0.25) is 0 Å². The average molecular weight is 223 g/mol. The minimum absolute atomic E-state index is 0.688. The van der Waals surface area contributed by atoms with Crippen molar-refractivity contribution in [3.63, 3.8) is 0 Å². The van der Waals surface area contributed by atoms with Crippen LogP contribution in [0.3, 0.4) is 0 Å². The number of quaternary nitrogens is 1. The standard InChI is InChI=1S/C15H27N/c1-2-16-14-9-5-3-7-12(14)11-13-8-4-6-10-15(13)16/h12-15H,2-11H2,1H3/p+1/t12-,13-,14-,15+/m1/s1/i/hD. The number of fused-ring (bicyclic) bond motifs is 2. The van der Waals surface area contributed by atoms with Crippen LogP contribution in [0.4, 0.5) is 0 Å². The SMILES string of the molecule is [2H][N+]1(CC)[C@@H]2CCCC[C@@H]2C[C@H]2CCCC[C@@H]21. The third-order valence-electron chi connectivity index (χ3n) is 5.56. The highest BCUT2D eigenvalue weighted by Crippen LogP contribution is 2.37. The Bertz CT molecular complexity index is 256. The zero-order valence-corrected chi connectivity index (χ0v) is 10.8. The lowest BCUT2D eigenvalue weighted by Crippen LogP contribution is -3.21. The van der Waals surface area contributed by atoms with Gasteiger partial charge in [-0.25, -0.2) is 0 Å². The molecule has 1 nitrogen and oxygen atoms in total. The molecule has 3 aliphatic rings. The molecule has 1 heterocycles. The van der Waals surface area contributed by atoms with Crippen LogP contribution in [0.5, 0.6) is 0 Å². The van der Waals surface area contributed by atoms with Gasteiger partial charge in [0.15, 0.2) is 0 Å². The van der Waals surface area contributed by atoms with Gasteiger partial charge >= 0.3 is 1.41 Å². The number of nitrogens with one attached hydrogen (secondary N) is 1. The Balaban J connectivity index is 1.88.